The van der Waals surface area contributed by atoms with Crippen molar-refractivity contribution < 1.29 is 33.1 Å². The van der Waals surface area contributed by atoms with Crippen LogP contribution >= 0.6 is 0 Å². The average molecular weight is 576 g/mol. The number of epoxide rings is 1. The summed E-state index contributed by atoms with van der Waals surface area (Å²) < 4.78 is 24.5. The number of ether oxygens (including phenoxy) is 3. The fraction of sp³-hybridized carbons (Fsp3) is 0.667. The normalized spacial score (nSPS) is 26.9. The third-order valence-corrected chi connectivity index (χ3v) is 13.7. The number of esters is 2. The van der Waals surface area contributed by atoms with Crippen molar-refractivity contribution in [2.45, 2.75) is 116 Å². The molecule has 0 aromatic heterocycles. The van der Waals surface area contributed by atoms with Gasteiger partial charge in [-0.05, 0) is 56.1 Å². The molecule has 0 spiro atoms. The lowest BCUT2D eigenvalue weighted by molar-refractivity contribution is -0.384. The summed E-state index contributed by atoms with van der Waals surface area (Å²) in [5, 5.41) is 11.0. The number of carbonyl (C=O) groups excluding carboxylic acids is 2. The molecule has 222 valence electrons. The van der Waals surface area contributed by atoms with Crippen LogP contribution in [0.25, 0.3) is 0 Å². The van der Waals surface area contributed by atoms with Crippen LogP contribution in [0.4, 0.5) is 5.69 Å². The molecule has 1 heterocycles. The van der Waals surface area contributed by atoms with E-state index in [1.165, 1.54) is 31.2 Å². The van der Waals surface area contributed by atoms with Crippen LogP contribution in [0.1, 0.15) is 85.0 Å². The molecular weight excluding hydrogens is 530 g/mol. The monoisotopic (exact) mass is 575 g/mol. The highest BCUT2D eigenvalue weighted by Gasteiger charge is 2.76. The van der Waals surface area contributed by atoms with Crippen LogP contribution in [0.3, 0.4) is 0 Å². The van der Waals surface area contributed by atoms with Crippen molar-refractivity contribution >= 4 is 25.9 Å². The standard InChI is InChI=1S/C30H45NO8Si/c1-20(15-16-36-40(9,10)27(3,4)5)25(37-21(2)32)19-30-28(6,7)17-24(18-29(30,8)39-30)38-26(33)22-11-13-23(14-12-22)31(34)35/h11-15,24-25H,16-19H2,1-10H3/b20-15+/t24-,25?,29+,30-/m0/s1. The lowest BCUT2D eigenvalue weighted by atomic mass is 9.61. The Balaban J connectivity index is 1.73. The van der Waals surface area contributed by atoms with Crippen LogP contribution in [0.5, 0.6) is 0 Å². The SMILES string of the molecule is CC(=O)OC(C[C@@]12O[C@]1(C)C[C@@H](OC(=O)c1ccc([N+](=O)[O-])cc1)CC2(C)C)/C(C)=C/CO[Si](C)(C)C(C)(C)C. The van der Waals surface area contributed by atoms with Gasteiger partial charge in [0.1, 0.15) is 17.8 Å². The minimum absolute atomic E-state index is 0.0859. The Labute approximate surface area is 238 Å². The molecule has 1 aliphatic carbocycles. The molecule has 3 rings (SSSR count). The summed E-state index contributed by atoms with van der Waals surface area (Å²) in [7, 11) is -1.92. The number of nitro benzene ring substituents is 1. The van der Waals surface area contributed by atoms with Crippen LogP contribution in [-0.2, 0) is 23.4 Å². The predicted octanol–water partition coefficient (Wildman–Crippen LogP) is 6.76. The molecular formula is C30H45NO8Si. The van der Waals surface area contributed by atoms with Crippen LogP contribution in [0.15, 0.2) is 35.9 Å². The Morgan fingerprint density at radius 2 is 1.75 bits per heavy atom. The van der Waals surface area contributed by atoms with E-state index < -0.39 is 41.9 Å². The van der Waals surface area contributed by atoms with E-state index in [1.54, 1.807) is 0 Å². The summed E-state index contributed by atoms with van der Waals surface area (Å²) in [5.41, 5.74) is -0.424. The molecule has 1 aromatic rings. The lowest BCUT2D eigenvalue weighted by Gasteiger charge is -2.42. The van der Waals surface area contributed by atoms with Gasteiger partial charge in [-0.15, -0.1) is 0 Å². The van der Waals surface area contributed by atoms with Gasteiger partial charge in [-0.2, -0.15) is 0 Å². The molecule has 2 aliphatic rings. The van der Waals surface area contributed by atoms with Crippen molar-refractivity contribution in [3.05, 3.63) is 51.6 Å². The molecule has 0 radical (unpaired) electrons. The van der Waals surface area contributed by atoms with Gasteiger partial charge in [0.15, 0.2) is 8.32 Å². The zero-order valence-electron chi connectivity index (χ0n) is 25.6. The molecule has 40 heavy (non-hydrogen) atoms. The molecule has 9 nitrogen and oxygen atoms in total. The van der Waals surface area contributed by atoms with Gasteiger partial charge in [-0.1, -0.05) is 40.7 Å². The van der Waals surface area contributed by atoms with Crippen molar-refractivity contribution in [3.63, 3.8) is 0 Å². The Morgan fingerprint density at radius 1 is 1.15 bits per heavy atom. The predicted molar refractivity (Wildman–Crippen MR) is 155 cm³/mol. The zero-order valence-corrected chi connectivity index (χ0v) is 26.6. The van der Waals surface area contributed by atoms with Crippen LogP contribution in [-0.4, -0.2) is 55.2 Å². The lowest BCUT2D eigenvalue weighted by Crippen LogP contribution is -2.50. The highest BCUT2D eigenvalue weighted by Crippen LogP contribution is 2.68. The maximum absolute atomic E-state index is 12.8. The quantitative estimate of drug-likeness (QED) is 0.0750. The molecule has 4 atom stereocenters. The first kappa shape index (κ1) is 32.0. The first-order valence-electron chi connectivity index (χ1n) is 13.9. The largest absolute Gasteiger partial charge is 0.459 e. The first-order valence-corrected chi connectivity index (χ1v) is 16.8. The summed E-state index contributed by atoms with van der Waals surface area (Å²) >= 11 is 0. The van der Waals surface area contributed by atoms with E-state index in [9.17, 15) is 19.7 Å². The van der Waals surface area contributed by atoms with E-state index in [-0.39, 0.29) is 28.4 Å². The van der Waals surface area contributed by atoms with E-state index in [4.69, 9.17) is 18.6 Å². The number of rotatable bonds is 10. The fourth-order valence-electron chi connectivity index (χ4n) is 5.70. The van der Waals surface area contributed by atoms with E-state index >= 15 is 0 Å². The van der Waals surface area contributed by atoms with Crippen LogP contribution < -0.4 is 0 Å². The summed E-state index contributed by atoms with van der Waals surface area (Å²) in [6.07, 6.45) is 2.70. The number of hydrogen-bond acceptors (Lipinski definition) is 8. The van der Waals surface area contributed by atoms with Gasteiger partial charge in [0, 0.05) is 37.3 Å². The second-order valence-electron chi connectivity index (χ2n) is 13.6. The maximum atomic E-state index is 12.8. The van der Waals surface area contributed by atoms with Gasteiger partial charge in [0.25, 0.3) is 5.69 Å². The Bertz CT molecular complexity index is 1170. The van der Waals surface area contributed by atoms with Gasteiger partial charge in [0.05, 0.1) is 22.7 Å². The second kappa shape index (κ2) is 11.0. The van der Waals surface area contributed by atoms with Crippen molar-refractivity contribution in [2.24, 2.45) is 5.41 Å². The van der Waals surface area contributed by atoms with Gasteiger partial charge in [0.2, 0.25) is 0 Å². The molecule has 0 bridgehead atoms. The molecule has 0 N–H and O–H groups in total. The van der Waals surface area contributed by atoms with Crippen molar-refractivity contribution in [2.75, 3.05) is 6.61 Å². The molecule has 1 saturated carbocycles. The molecule has 1 aliphatic heterocycles. The Kier molecular flexibility index (Phi) is 8.80. The van der Waals surface area contributed by atoms with Gasteiger partial charge < -0.3 is 18.6 Å². The van der Waals surface area contributed by atoms with Crippen molar-refractivity contribution in [1.29, 1.82) is 0 Å². The maximum Gasteiger partial charge on any atom is 0.338 e. The number of benzene rings is 1. The first-order chi connectivity index (χ1) is 18.2. The highest BCUT2D eigenvalue weighted by molar-refractivity contribution is 6.74. The van der Waals surface area contributed by atoms with Crippen molar-refractivity contribution in [3.8, 4) is 0 Å². The zero-order chi connectivity index (χ0) is 30.3. The summed E-state index contributed by atoms with van der Waals surface area (Å²) in [6, 6.07) is 5.39. The summed E-state index contributed by atoms with van der Waals surface area (Å²) in [4.78, 5) is 35.3. The van der Waals surface area contributed by atoms with E-state index in [0.717, 1.165) is 5.57 Å². The smallest absolute Gasteiger partial charge is 0.338 e. The minimum atomic E-state index is -1.92. The summed E-state index contributed by atoms with van der Waals surface area (Å²) in [5.74, 6) is -0.879. The Hall–Kier alpha value is -2.56. The number of hydrogen-bond donors (Lipinski definition) is 0. The fourth-order valence-corrected chi connectivity index (χ4v) is 6.64. The average Bonchev–Trinajstić information content (AvgIpc) is 3.42. The highest BCUT2D eigenvalue weighted by atomic mass is 28.4. The van der Waals surface area contributed by atoms with E-state index in [1.807, 2.05) is 19.9 Å². The van der Waals surface area contributed by atoms with E-state index in [0.29, 0.717) is 25.9 Å². The molecule has 1 aromatic carbocycles. The molecule has 1 saturated heterocycles. The number of carbonyl (C=O) groups is 2. The minimum Gasteiger partial charge on any atom is -0.459 e. The Morgan fingerprint density at radius 3 is 2.25 bits per heavy atom. The molecule has 10 heteroatoms. The number of nitrogens with zero attached hydrogens (tertiary/aromatic N) is 1. The summed E-state index contributed by atoms with van der Waals surface area (Å²) in [6.45, 7) is 21.0. The second-order valence-corrected chi connectivity index (χ2v) is 18.4. The van der Waals surface area contributed by atoms with Gasteiger partial charge in [-0.25, -0.2) is 4.79 Å². The number of fused-ring (bicyclic) bond motifs is 1. The molecule has 1 unspecified atom stereocenters. The van der Waals surface area contributed by atoms with Crippen LogP contribution in [0.2, 0.25) is 18.1 Å². The topological polar surface area (TPSA) is 118 Å². The van der Waals surface area contributed by atoms with Crippen molar-refractivity contribution in [1.82, 2.24) is 0 Å². The van der Waals surface area contributed by atoms with Gasteiger partial charge >= 0.3 is 11.9 Å². The van der Waals surface area contributed by atoms with Crippen LogP contribution in [0, 0.1) is 15.5 Å². The van der Waals surface area contributed by atoms with E-state index in [2.05, 4.69) is 47.7 Å². The number of nitro groups is 1. The van der Waals surface area contributed by atoms with Gasteiger partial charge in [-0.3, -0.25) is 14.9 Å². The third kappa shape index (κ3) is 6.50. The number of non-ortho nitro benzene ring substituents is 1. The molecule has 0 amide bonds. The third-order valence-electron chi connectivity index (χ3n) is 9.19. The molecule has 2 fully saturated rings.